The van der Waals surface area contributed by atoms with Crippen LogP contribution in [0, 0.1) is 0 Å². The smallest absolute Gasteiger partial charge is 0.414 e. The topological polar surface area (TPSA) is 48.0 Å². The Kier molecular flexibility index (Phi) is 7.02. The molecular weight excluding hydrogens is 342 g/mol. The molecule has 0 fully saturated rings. The summed E-state index contributed by atoms with van der Waals surface area (Å²) < 4.78 is 16.8. The molecule has 0 aliphatic carbocycles. The summed E-state index contributed by atoms with van der Waals surface area (Å²) in [5, 5.41) is 0. The number of rotatable bonds is 7. The molecule has 0 bridgehead atoms. The van der Waals surface area contributed by atoms with Crippen LogP contribution in [0.4, 0.5) is 4.79 Å². The van der Waals surface area contributed by atoms with E-state index in [1.165, 1.54) is 0 Å². The first kappa shape index (κ1) is 19.1. The SMILES string of the molecule is C[C@H]1[C@@H](OCOCc2ccccc2)CC=CN1C(=O)OCc1ccccc1. The maximum Gasteiger partial charge on any atom is 0.414 e. The van der Waals surface area contributed by atoms with Crippen molar-refractivity contribution in [2.45, 2.75) is 38.7 Å². The van der Waals surface area contributed by atoms with Crippen LogP contribution >= 0.6 is 0 Å². The van der Waals surface area contributed by atoms with Crippen LogP contribution in [0.2, 0.25) is 0 Å². The summed E-state index contributed by atoms with van der Waals surface area (Å²) in [6, 6.07) is 19.5. The number of benzene rings is 2. The van der Waals surface area contributed by atoms with Crippen molar-refractivity contribution in [1.82, 2.24) is 4.90 Å². The summed E-state index contributed by atoms with van der Waals surface area (Å²) in [5.74, 6) is 0. The standard InChI is InChI=1S/C22H25NO4/c1-18-21(27-17-25-15-19-9-4-2-5-10-19)13-8-14-23(18)22(24)26-16-20-11-6-3-7-12-20/h2-12,14,18,21H,13,15-17H2,1H3/t18-,21-/m0/s1. The van der Waals surface area contributed by atoms with E-state index in [-0.39, 0.29) is 31.6 Å². The van der Waals surface area contributed by atoms with E-state index in [0.717, 1.165) is 17.5 Å². The van der Waals surface area contributed by atoms with Crippen molar-refractivity contribution < 1.29 is 19.0 Å². The lowest BCUT2D eigenvalue weighted by Crippen LogP contribution is -2.45. The van der Waals surface area contributed by atoms with Gasteiger partial charge in [-0.25, -0.2) is 4.79 Å². The van der Waals surface area contributed by atoms with Gasteiger partial charge in [-0.2, -0.15) is 0 Å². The lowest BCUT2D eigenvalue weighted by molar-refractivity contribution is -0.112. The van der Waals surface area contributed by atoms with Gasteiger partial charge in [0, 0.05) is 6.20 Å². The Bertz CT molecular complexity index is 732. The van der Waals surface area contributed by atoms with Crippen molar-refractivity contribution >= 4 is 6.09 Å². The Hall–Kier alpha value is -2.63. The van der Waals surface area contributed by atoms with Crippen LogP contribution in [-0.2, 0) is 27.4 Å². The van der Waals surface area contributed by atoms with Gasteiger partial charge in [-0.05, 0) is 24.5 Å². The first-order valence-corrected chi connectivity index (χ1v) is 9.13. The summed E-state index contributed by atoms with van der Waals surface area (Å²) >= 11 is 0. The van der Waals surface area contributed by atoms with Crippen molar-refractivity contribution in [2.24, 2.45) is 0 Å². The van der Waals surface area contributed by atoms with Gasteiger partial charge in [0.05, 0.1) is 18.8 Å². The van der Waals surface area contributed by atoms with E-state index in [1.54, 1.807) is 11.1 Å². The molecule has 2 aromatic rings. The molecule has 1 heterocycles. The molecular formula is C22H25NO4. The normalized spacial score (nSPS) is 19.1. The zero-order valence-corrected chi connectivity index (χ0v) is 15.5. The monoisotopic (exact) mass is 367 g/mol. The van der Waals surface area contributed by atoms with E-state index in [9.17, 15) is 4.79 Å². The van der Waals surface area contributed by atoms with E-state index in [4.69, 9.17) is 14.2 Å². The molecule has 0 saturated carbocycles. The molecule has 142 valence electrons. The van der Waals surface area contributed by atoms with Crippen LogP contribution in [-0.4, -0.2) is 29.9 Å². The van der Waals surface area contributed by atoms with Crippen LogP contribution in [0.5, 0.6) is 0 Å². The molecule has 27 heavy (non-hydrogen) atoms. The highest BCUT2D eigenvalue weighted by atomic mass is 16.7. The zero-order chi connectivity index (χ0) is 18.9. The molecule has 1 aliphatic heterocycles. The fourth-order valence-corrected chi connectivity index (χ4v) is 2.92. The van der Waals surface area contributed by atoms with Gasteiger partial charge in [0.15, 0.2) is 0 Å². The fraction of sp³-hybridized carbons (Fsp3) is 0.318. The number of ether oxygens (including phenoxy) is 3. The Labute approximate surface area is 160 Å². The Morgan fingerprint density at radius 1 is 1.00 bits per heavy atom. The third kappa shape index (κ3) is 5.67. The summed E-state index contributed by atoms with van der Waals surface area (Å²) in [6.07, 6.45) is 3.92. The second-order valence-corrected chi connectivity index (χ2v) is 6.47. The van der Waals surface area contributed by atoms with Crippen molar-refractivity contribution in [2.75, 3.05) is 6.79 Å². The highest BCUT2D eigenvalue weighted by molar-refractivity contribution is 5.69. The Morgan fingerprint density at radius 2 is 1.63 bits per heavy atom. The number of carbonyl (C=O) groups is 1. The molecule has 1 aliphatic rings. The molecule has 0 spiro atoms. The second-order valence-electron chi connectivity index (χ2n) is 6.47. The number of hydrogen-bond acceptors (Lipinski definition) is 4. The van der Waals surface area contributed by atoms with Crippen molar-refractivity contribution in [1.29, 1.82) is 0 Å². The molecule has 0 N–H and O–H groups in total. The van der Waals surface area contributed by atoms with Crippen molar-refractivity contribution in [3.63, 3.8) is 0 Å². The van der Waals surface area contributed by atoms with Gasteiger partial charge < -0.3 is 14.2 Å². The molecule has 2 aromatic carbocycles. The lowest BCUT2D eigenvalue weighted by Gasteiger charge is -2.34. The average molecular weight is 367 g/mol. The number of carbonyl (C=O) groups excluding carboxylic acids is 1. The molecule has 0 unspecified atom stereocenters. The van der Waals surface area contributed by atoms with Gasteiger partial charge in [-0.3, -0.25) is 4.90 Å². The summed E-state index contributed by atoms with van der Waals surface area (Å²) in [6.45, 7) is 2.89. The zero-order valence-electron chi connectivity index (χ0n) is 15.5. The maximum absolute atomic E-state index is 12.4. The van der Waals surface area contributed by atoms with Crippen LogP contribution in [0.3, 0.4) is 0 Å². The third-order valence-corrected chi connectivity index (χ3v) is 4.50. The average Bonchev–Trinajstić information content (AvgIpc) is 2.72. The molecule has 3 rings (SSSR count). The largest absolute Gasteiger partial charge is 0.444 e. The summed E-state index contributed by atoms with van der Waals surface area (Å²) in [7, 11) is 0. The minimum absolute atomic E-state index is 0.126. The van der Waals surface area contributed by atoms with E-state index in [1.807, 2.05) is 73.7 Å². The molecule has 0 saturated heterocycles. The summed E-state index contributed by atoms with van der Waals surface area (Å²) in [5.41, 5.74) is 2.06. The second kappa shape index (κ2) is 9.90. The number of hydrogen-bond donors (Lipinski definition) is 0. The van der Waals surface area contributed by atoms with Gasteiger partial charge in [-0.15, -0.1) is 0 Å². The fourth-order valence-electron chi connectivity index (χ4n) is 2.92. The van der Waals surface area contributed by atoms with Gasteiger partial charge >= 0.3 is 6.09 Å². The summed E-state index contributed by atoms with van der Waals surface area (Å²) in [4.78, 5) is 14.0. The van der Waals surface area contributed by atoms with Gasteiger partial charge in [0.1, 0.15) is 13.4 Å². The Balaban J connectivity index is 1.43. The van der Waals surface area contributed by atoms with Crippen LogP contribution in [0.25, 0.3) is 0 Å². The predicted molar refractivity (Wildman–Crippen MR) is 103 cm³/mol. The minimum atomic E-state index is -0.374. The number of nitrogens with zero attached hydrogens (tertiary/aromatic N) is 1. The highest BCUT2D eigenvalue weighted by Crippen LogP contribution is 2.20. The molecule has 0 radical (unpaired) electrons. The van der Waals surface area contributed by atoms with Crippen LogP contribution in [0.1, 0.15) is 24.5 Å². The molecule has 2 atom stereocenters. The van der Waals surface area contributed by atoms with Crippen LogP contribution in [0.15, 0.2) is 72.9 Å². The molecule has 5 nitrogen and oxygen atoms in total. The first-order chi connectivity index (χ1) is 13.2. The minimum Gasteiger partial charge on any atom is -0.444 e. The van der Waals surface area contributed by atoms with Crippen LogP contribution < -0.4 is 0 Å². The van der Waals surface area contributed by atoms with Gasteiger partial charge in [0.25, 0.3) is 0 Å². The number of amides is 1. The first-order valence-electron chi connectivity index (χ1n) is 9.13. The molecule has 5 heteroatoms. The highest BCUT2D eigenvalue weighted by Gasteiger charge is 2.30. The van der Waals surface area contributed by atoms with E-state index in [0.29, 0.717) is 6.61 Å². The lowest BCUT2D eigenvalue weighted by atomic mass is 10.1. The van der Waals surface area contributed by atoms with E-state index < -0.39 is 0 Å². The van der Waals surface area contributed by atoms with Crippen molar-refractivity contribution in [3.8, 4) is 0 Å². The predicted octanol–water partition coefficient (Wildman–Crippen LogP) is 4.49. The molecule has 1 amide bonds. The quantitative estimate of drug-likeness (QED) is 0.534. The molecule has 0 aromatic heterocycles. The van der Waals surface area contributed by atoms with Gasteiger partial charge in [-0.1, -0.05) is 66.7 Å². The van der Waals surface area contributed by atoms with E-state index in [2.05, 4.69) is 0 Å². The van der Waals surface area contributed by atoms with Gasteiger partial charge in [0.2, 0.25) is 0 Å². The third-order valence-electron chi connectivity index (χ3n) is 4.50. The Morgan fingerprint density at radius 3 is 2.30 bits per heavy atom. The maximum atomic E-state index is 12.4. The van der Waals surface area contributed by atoms with Crippen molar-refractivity contribution in [3.05, 3.63) is 84.1 Å². The van der Waals surface area contributed by atoms with E-state index >= 15 is 0 Å².